The summed E-state index contributed by atoms with van der Waals surface area (Å²) in [6, 6.07) is 12.2. The lowest BCUT2D eigenvalue weighted by Gasteiger charge is -2.12. The van der Waals surface area contributed by atoms with E-state index in [-0.39, 0.29) is 0 Å². The Morgan fingerprint density at radius 1 is 1.11 bits per heavy atom. The second-order valence-electron chi connectivity index (χ2n) is 3.78. The first-order valence-electron chi connectivity index (χ1n) is 5.89. The molecule has 0 radical (unpaired) electrons. The molecule has 2 rings (SSSR count). The van der Waals surface area contributed by atoms with Crippen LogP contribution in [0, 0.1) is 0 Å². The first-order chi connectivity index (χ1) is 9.24. The van der Waals surface area contributed by atoms with Crippen molar-refractivity contribution in [3.05, 3.63) is 53.1 Å². The molecule has 0 aromatic heterocycles. The number of benzene rings is 2. The molecule has 0 atom stereocenters. The zero-order chi connectivity index (χ0) is 13.7. The summed E-state index contributed by atoms with van der Waals surface area (Å²) in [6.45, 7) is 2.44. The molecule has 4 heteroatoms. The van der Waals surface area contributed by atoms with Crippen LogP contribution in [0.1, 0.15) is 17.3 Å². The molecule has 0 aliphatic heterocycles. The third kappa shape index (κ3) is 3.26. The molecular formula is C15H13ClO3. The molecule has 0 N–H and O–H groups in total. The smallest absolute Gasteiger partial charge is 0.169 e. The number of carbonyl (C=O) groups excluding carboxylic acids is 1. The molecule has 0 saturated carbocycles. The van der Waals surface area contributed by atoms with Crippen molar-refractivity contribution in [3.63, 3.8) is 0 Å². The van der Waals surface area contributed by atoms with E-state index < -0.39 is 0 Å². The predicted octanol–water partition coefficient (Wildman–Crippen LogP) is 4.34. The van der Waals surface area contributed by atoms with Gasteiger partial charge in [-0.2, -0.15) is 0 Å². The van der Waals surface area contributed by atoms with Gasteiger partial charge >= 0.3 is 0 Å². The first-order valence-corrected chi connectivity index (χ1v) is 6.26. The lowest BCUT2D eigenvalue weighted by Crippen LogP contribution is -1.96. The highest BCUT2D eigenvalue weighted by Crippen LogP contribution is 2.33. The highest BCUT2D eigenvalue weighted by atomic mass is 35.5. The molecule has 0 fully saturated rings. The van der Waals surface area contributed by atoms with Crippen LogP contribution in [0.5, 0.6) is 17.2 Å². The molecule has 3 nitrogen and oxygen atoms in total. The molecule has 98 valence electrons. The minimum atomic E-state index is 0.402. The number of ether oxygens (including phenoxy) is 2. The van der Waals surface area contributed by atoms with Gasteiger partial charge in [-0.3, -0.25) is 4.79 Å². The van der Waals surface area contributed by atoms with E-state index in [4.69, 9.17) is 21.1 Å². The van der Waals surface area contributed by atoms with Crippen LogP contribution in [0.4, 0.5) is 0 Å². The van der Waals surface area contributed by atoms with Gasteiger partial charge in [-0.25, -0.2) is 0 Å². The summed E-state index contributed by atoms with van der Waals surface area (Å²) >= 11 is 5.84. The normalized spacial score (nSPS) is 10.0. The van der Waals surface area contributed by atoms with Crippen LogP contribution in [0.2, 0.25) is 5.02 Å². The summed E-state index contributed by atoms with van der Waals surface area (Å²) in [5.41, 5.74) is 0.402. The molecule has 0 aliphatic carbocycles. The molecule has 2 aromatic carbocycles. The zero-order valence-electron chi connectivity index (χ0n) is 10.4. The summed E-state index contributed by atoms with van der Waals surface area (Å²) in [5.74, 6) is 1.65. The van der Waals surface area contributed by atoms with E-state index in [2.05, 4.69) is 0 Å². The van der Waals surface area contributed by atoms with E-state index in [1.165, 1.54) is 0 Å². The van der Waals surface area contributed by atoms with E-state index in [1.54, 1.807) is 24.3 Å². The molecule has 0 unspecified atom stereocenters. The summed E-state index contributed by atoms with van der Waals surface area (Å²) in [6.07, 6.45) is 0.713. The van der Waals surface area contributed by atoms with Crippen molar-refractivity contribution in [3.8, 4) is 17.2 Å². The first kappa shape index (κ1) is 13.4. The number of halogens is 1. The molecule has 19 heavy (non-hydrogen) atoms. The molecule has 2 aromatic rings. The van der Waals surface area contributed by atoms with Gasteiger partial charge in [0.05, 0.1) is 12.2 Å². The van der Waals surface area contributed by atoms with Crippen molar-refractivity contribution in [2.24, 2.45) is 0 Å². The fourth-order valence-corrected chi connectivity index (χ4v) is 1.81. The van der Waals surface area contributed by atoms with Crippen molar-refractivity contribution in [2.75, 3.05) is 6.61 Å². The van der Waals surface area contributed by atoms with Gasteiger partial charge in [-0.05, 0) is 37.3 Å². The lowest BCUT2D eigenvalue weighted by atomic mass is 10.2. The van der Waals surface area contributed by atoms with E-state index in [9.17, 15) is 4.79 Å². The number of rotatable bonds is 5. The van der Waals surface area contributed by atoms with Gasteiger partial charge in [0.1, 0.15) is 5.75 Å². The van der Waals surface area contributed by atoms with Crippen LogP contribution in [0.3, 0.4) is 0 Å². The Hall–Kier alpha value is -2.00. The maximum atomic E-state index is 11.0. The minimum Gasteiger partial charge on any atom is -0.490 e. The van der Waals surface area contributed by atoms with Crippen LogP contribution in [0.25, 0.3) is 0 Å². The van der Waals surface area contributed by atoms with Crippen molar-refractivity contribution < 1.29 is 14.3 Å². The maximum Gasteiger partial charge on any atom is 0.169 e. The van der Waals surface area contributed by atoms with Crippen LogP contribution >= 0.6 is 11.6 Å². The quantitative estimate of drug-likeness (QED) is 0.762. The lowest BCUT2D eigenvalue weighted by molar-refractivity contribution is 0.112. The standard InChI is InChI=1S/C15H13ClO3/c1-2-18-14-5-3-4-6-15(14)19-13-8-7-12(16)9-11(13)10-17/h3-10H,2H2,1H3. The third-order valence-corrected chi connectivity index (χ3v) is 2.70. The summed E-state index contributed by atoms with van der Waals surface area (Å²) in [5, 5.41) is 0.493. The molecule has 0 saturated heterocycles. The highest BCUT2D eigenvalue weighted by Gasteiger charge is 2.09. The maximum absolute atomic E-state index is 11.0. The fraction of sp³-hybridized carbons (Fsp3) is 0.133. The van der Waals surface area contributed by atoms with E-state index in [0.717, 1.165) is 0 Å². The average Bonchev–Trinajstić information content (AvgIpc) is 2.43. The van der Waals surface area contributed by atoms with E-state index >= 15 is 0 Å². The van der Waals surface area contributed by atoms with Crippen LogP contribution in [0.15, 0.2) is 42.5 Å². The number of hydrogen-bond acceptors (Lipinski definition) is 3. The van der Waals surface area contributed by atoms with Crippen molar-refractivity contribution in [1.29, 1.82) is 0 Å². The van der Waals surface area contributed by atoms with Gasteiger partial charge in [-0.1, -0.05) is 23.7 Å². The minimum absolute atomic E-state index is 0.402. The van der Waals surface area contributed by atoms with Crippen LogP contribution < -0.4 is 9.47 Å². The summed E-state index contributed by atoms with van der Waals surface area (Å²) < 4.78 is 11.2. The van der Waals surface area contributed by atoms with Gasteiger partial charge < -0.3 is 9.47 Å². The molecule has 0 aliphatic rings. The summed E-state index contributed by atoms with van der Waals surface area (Å²) in [7, 11) is 0. The Kier molecular flexibility index (Phi) is 4.42. The van der Waals surface area contributed by atoms with Gasteiger partial charge in [0.25, 0.3) is 0 Å². The molecule has 0 bridgehead atoms. The van der Waals surface area contributed by atoms with E-state index in [0.29, 0.717) is 40.7 Å². The largest absolute Gasteiger partial charge is 0.490 e. The Balaban J connectivity index is 2.33. The number of hydrogen-bond donors (Lipinski definition) is 0. The number of para-hydroxylation sites is 2. The van der Waals surface area contributed by atoms with Crippen molar-refractivity contribution >= 4 is 17.9 Å². The Morgan fingerprint density at radius 2 is 1.84 bits per heavy atom. The molecule has 0 amide bonds. The predicted molar refractivity (Wildman–Crippen MR) is 74.5 cm³/mol. The Labute approximate surface area is 116 Å². The molecular weight excluding hydrogens is 264 g/mol. The van der Waals surface area contributed by atoms with Crippen molar-refractivity contribution in [2.45, 2.75) is 6.92 Å². The zero-order valence-corrected chi connectivity index (χ0v) is 11.2. The van der Waals surface area contributed by atoms with Crippen molar-refractivity contribution in [1.82, 2.24) is 0 Å². The fourth-order valence-electron chi connectivity index (χ4n) is 1.63. The number of carbonyl (C=O) groups is 1. The average molecular weight is 277 g/mol. The van der Waals surface area contributed by atoms with Gasteiger partial charge in [0.15, 0.2) is 17.8 Å². The Bertz CT molecular complexity index is 581. The third-order valence-electron chi connectivity index (χ3n) is 2.47. The molecule has 0 spiro atoms. The topological polar surface area (TPSA) is 35.5 Å². The second-order valence-corrected chi connectivity index (χ2v) is 4.22. The molecule has 0 heterocycles. The number of aldehydes is 1. The highest BCUT2D eigenvalue weighted by molar-refractivity contribution is 6.30. The van der Waals surface area contributed by atoms with Gasteiger partial charge in [-0.15, -0.1) is 0 Å². The Morgan fingerprint density at radius 3 is 2.53 bits per heavy atom. The second kappa shape index (κ2) is 6.25. The van der Waals surface area contributed by atoms with Crippen LogP contribution in [-0.4, -0.2) is 12.9 Å². The van der Waals surface area contributed by atoms with E-state index in [1.807, 2.05) is 25.1 Å². The SMILES string of the molecule is CCOc1ccccc1Oc1ccc(Cl)cc1C=O. The monoisotopic (exact) mass is 276 g/mol. The van der Waals surface area contributed by atoms with Gasteiger partial charge in [0.2, 0.25) is 0 Å². The summed E-state index contributed by atoms with van der Waals surface area (Å²) in [4.78, 5) is 11.0. The van der Waals surface area contributed by atoms with Gasteiger partial charge in [0, 0.05) is 5.02 Å². The van der Waals surface area contributed by atoms with Crippen LogP contribution in [-0.2, 0) is 0 Å².